The topological polar surface area (TPSA) is 71.6 Å². The highest BCUT2D eigenvalue weighted by atomic mass is 32.1. The molecule has 7 heteroatoms. The number of thiocarbonyl (C=S) groups is 1. The van der Waals surface area contributed by atoms with Gasteiger partial charge in [-0.1, -0.05) is 32.8 Å². The largest absolute Gasteiger partial charge is 0.486 e. The SMILES string of the molecule is C[C@@H]1[C@H](C)CCC[C@@H]1NC(=S)NNC(=O)/C=C/c1ccc2c(c1)OCCO2. The Morgan fingerprint density at radius 1 is 1.15 bits per heavy atom. The first-order valence-corrected chi connectivity index (χ1v) is 9.88. The number of nitrogens with one attached hydrogen (secondary N) is 3. The third kappa shape index (κ3) is 5.35. The maximum absolute atomic E-state index is 12.0. The number of carbonyl (C=O) groups is 1. The van der Waals surface area contributed by atoms with E-state index in [2.05, 4.69) is 30.0 Å². The van der Waals surface area contributed by atoms with E-state index in [1.807, 2.05) is 18.2 Å². The maximum atomic E-state index is 12.0. The zero-order valence-electron chi connectivity index (χ0n) is 15.8. The van der Waals surface area contributed by atoms with E-state index in [1.165, 1.54) is 18.9 Å². The molecule has 1 aliphatic heterocycles. The van der Waals surface area contributed by atoms with Crippen LogP contribution in [0.2, 0.25) is 0 Å². The number of fused-ring (bicyclic) bond motifs is 1. The molecule has 6 nitrogen and oxygen atoms in total. The second-order valence-corrected chi connectivity index (χ2v) is 7.61. The molecule has 27 heavy (non-hydrogen) atoms. The molecule has 0 unspecified atom stereocenters. The van der Waals surface area contributed by atoms with E-state index in [0.717, 1.165) is 17.7 Å². The molecule has 1 aromatic carbocycles. The normalized spacial score (nSPS) is 24.3. The van der Waals surface area contributed by atoms with Crippen molar-refractivity contribution in [3.63, 3.8) is 0 Å². The molecule has 0 aromatic heterocycles. The first-order valence-electron chi connectivity index (χ1n) is 9.47. The Labute approximate surface area is 165 Å². The fourth-order valence-corrected chi connectivity index (χ4v) is 3.69. The van der Waals surface area contributed by atoms with Crippen molar-refractivity contribution in [3.8, 4) is 11.5 Å². The lowest BCUT2D eigenvalue weighted by atomic mass is 9.78. The van der Waals surface area contributed by atoms with Gasteiger partial charge in [0.15, 0.2) is 16.6 Å². The summed E-state index contributed by atoms with van der Waals surface area (Å²) < 4.78 is 11.0. The van der Waals surface area contributed by atoms with E-state index in [1.54, 1.807) is 6.08 Å². The predicted octanol–water partition coefficient (Wildman–Crippen LogP) is 2.79. The Bertz CT molecular complexity index is 722. The molecule has 146 valence electrons. The zero-order chi connectivity index (χ0) is 19.2. The Hall–Kier alpha value is -2.28. The van der Waals surface area contributed by atoms with Crippen molar-refractivity contribution in [1.29, 1.82) is 0 Å². The molecule has 0 radical (unpaired) electrons. The minimum Gasteiger partial charge on any atom is -0.486 e. The lowest BCUT2D eigenvalue weighted by molar-refractivity contribution is -0.116. The summed E-state index contributed by atoms with van der Waals surface area (Å²) in [7, 11) is 0. The second-order valence-electron chi connectivity index (χ2n) is 7.20. The van der Waals surface area contributed by atoms with Crippen LogP contribution in [0.4, 0.5) is 0 Å². The fourth-order valence-electron chi connectivity index (χ4n) is 3.49. The quantitative estimate of drug-likeness (QED) is 0.420. The summed E-state index contributed by atoms with van der Waals surface area (Å²) in [5, 5.41) is 3.76. The lowest BCUT2D eigenvalue weighted by Crippen LogP contribution is -2.52. The van der Waals surface area contributed by atoms with Gasteiger partial charge in [-0.25, -0.2) is 0 Å². The Morgan fingerprint density at radius 3 is 2.74 bits per heavy atom. The molecule has 2 aliphatic rings. The van der Waals surface area contributed by atoms with Gasteiger partial charge in [-0.05, 0) is 54.2 Å². The minimum atomic E-state index is -0.279. The van der Waals surface area contributed by atoms with Crippen LogP contribution in [0.1, 0.15) is 38.7 Å². The summed E-state index contributed by atoms with van der Waals surface area (Å²) in [6.07, 6.45) is 6.74. The van der Waals surface area contributed by atoms with Crippen molar-refractivity contribution in [2.45, 2.75) is 39.2 Å². The van der Waals surface area contributed by atoms with Crippen molar-refractivity contribution in [2.24, 2.45) is 11.8 Å². The van der Waals surface area contributed by atoms with Crippen molar-refractivity contribution in [1.82, 2.24) is 16.2 Å². The molecule has 1 aliphatic carbocycles. The Balaban J connectivity index is 1.45. The van der Waals surface area contributed by atoms with Gasteiger partial charge in [0.05, 0.1) is 0 Å². The molecule has 3 atom stereocenters. The second kappa shape index (κ2) is 9.08. The highest BCUT2D eigenvalue weighted by molar-refractivity contribution is 7.80. The molecule has 1 amide bonds. The molecule has 1 fully saturated rings. The number of hydrazine groups is 1. The van der Waals surface area contributed by atoms with Gasteiger partial charge in [0.1, 0.15) is 13.2 Å². The van der Waals surface area contributed by atoms with Gasteiger partial charge < -0.3 is 14.8 Å². The molecule has 1 aromatic rings. The van der Waals surface area contributed by atoms with Gasteiger partial charge in [-0.15, -0.1) is 0 Å². The number of carbonyl (C=O) groups excluding carboxylic acids is 1. The summed E-state index contributed by atoms with van der Waals surface area (Å²) in [5.41, 5.74) is 6.23. The molecule has 3 N–H and O–H groups in total. The van der Waals surface area contributed by atoms with E-state index in [4.69, 9.17) is 21.7 Å². The van der Waals surface area contributed by atoms with Crippen molar-refractivity contribution >= 4 is 29.3 Å². The van der Waals surface area contributed by atoms with Crippen LogP contribution in [-0.2, 0) is 4.79 Å². The van der Waals surface area contributed by atoms with Crippen LogP contribution in [-0.4, -0.2) is 30.3 Å². The maximum Gasteiger partial charge on any atom is 0.262 e. The fraction of sp³-hybridized carbons (Fsp3) is 0.500. The molecule has 0 saturated heterocycles. The number of ether oxygens (including phenoxy) is 2. The summed E-state index contributed by atoms with van der Waals surface area (Å²) >= 11 is 5.30. The Morgan fingerprint density at radius 2 is 1.93 bits per heavy atom. The third-order valence-electron chi connectivity index (χ3n) is 5.32. The summed E-state index contributed by atoms with van der Waals surface area (Å²) in [6.45, 7) is 5.62. The molecular formula is C20H27N3O3S. The van der Waals surface area contributed by atoms with E-state index in [0.29, 0.717) is 42.0 Å². The van der Waals surface area contributed by atoms with Crippen LogP contribution in [0.5, 0.6) is 11.5 Å². The van der Waals surface area contributed by atoms with Gasteiger partial charge >= 0.3 is 0 Å². The van der Waals surface area contributed by atoms with Crippen LogP contribution in [0.3, 0.4) is 0 Å². The number of hydrogen-bond donors (Lipinski definition) is 3. The van der Waals surface area contributed by atoms with Crippen LogP contribution < -0.4 is 25.6 Å². The molecular weight excluding hydrogens is 362 g/mol. The van der Waals surface area contributed by atoms with E-state index < -0.39 is 0 Å². The van der Waals surface area contributed by atoms with Crippen molar-refractivity contribution in [2.75, 3.05) is 13.2 Å². The number of rotatable bonds is 3. The van der Waals surface area contributed by atoms with E-state index in [9.17, 15) is 4.79 Å². The standard InChI is InChI=1S/C20H27N3O3S/c1-13-4-3-5-16(14(13)2)21-20(27)23-22-19(24)9-7-15-6-8-17-18(12-15)26-11-10-25-17/h6-9,12-14,16H,3-5,10-11H2,1-2H3,(H,22,24)(H2,21,23,27)/b9-7+/t13-,14-,16+/m1/s1. The average molecular weight is 390 g/mol. The van der Waals surface area contributed by atoms with Crippen molar-refractivity contribution in [3.05, 3.63) is 29.8 Å². The highest BCUT2D eigenvalue weighted by Crippen LogP contribution is 2.31. The summed E-state index contributed by atoms with van der Waals surface area (Å²) in [4.78, 5) is 12.0. The van der Waals surface area contributed by atoms with Gasteiger partial charge in [0.25, 0.3) is 5.91 Å². The smallest absolute Gasteiger partial charge is 0.262 e. The first kappa shape index (κ1) is 19.5. The molecule has 3 rings (SSSR count). The molecule has 0 bridgehead atoms. The number of hydrogen-bond acceptors (Lipinski definition) is 4. The van der Waals surface area contributed by atoms with E-state index >= 15 is 0 Å². The van der Waals surface area contributed by atoms with Crippen LogP contribution in [0, 0.1) is 11.8 Å². The summed E-state index contributed by atoms with van der Waals surface area (Å²) in [5.74, 6) is 2.39. The van der Waals surface area contributed by atoms with Gasteiger partial charge in [0.2, 0.25) is 0 Å². The zero-order valence-corrected chi connectivity index (χ0v) is 16.6. The first-order chi connectivity index (χ1) is 13.0. The monoisotopic (exact) mass is 389 g/mol. The Kier molecular flexibility index (Phi) is 6.55. The highest BCUT2D eigenvalue weighted by Gasteiger charge is 2.27. The average Bonchev–Trinajstić information content (AvgIpc) is 2.68. The van der Waals surface area contributed by atoms with Crippen LogP contribution >= 0.6 is 12.2 Å². The minimum absolute atomic E-state index is 0.279. The number of benzene rings is 1. The molecule has 1 saturated carbocycles. The number of amides is 1. The third-order valence-corrected chi connectivity index (χ3v) is 5.54. The van der Waals surface area contributed by atoms with Crippen molar-refractivity contribution < 1.29 is 14.3 Å². The summed E-state index contributed by atoms with van der Waals surface area (Å²) in [6, 6.07) is 5.92. The van der Waals surface area contributed by atoms with Gasteiger partial charge in [0, 0.05) is 12.1 Å². The molecule has 1 heterocycles. The molecule has 0 spiro atoms. The lowest BCUT2D eigenvalue weighted by Gasteiger charge is -2.35. The van der Waals surface area contributed by atoms with Crippen LogP contribution in [0.25, 0.3) is 6.08 Å². The van der Waals surface area contributed by atoms with Crippen LogP contribution in [0.15, 0.2) is 24.3 Å². The predicted molar refractivity (Wildman–Crippen MR) is 109 cm³/mol. The van der Waals surface area contributed by atoms with Gasteiger partial charge in [-0.3, -0.25) is 15.6 Å². The van der Waals surface area contributed by atoms with E-state index in [-0.39, 0.29) is 5.91 Å². The van der Waals surface area contributed by atoms with Gasteiger partial charge in [-0.2, -0.15) is 0 Å².